The van der Waals surface area contributed by atoms with E-state index >= 15 is 0 Å². The third kappa shape index (κ3) is 4.40. The number of nitrogens with zero attached hydrogens (tertiary/aromatic N) is 5. The van der Waals surface area contributed by atoms with Gasteiger partial charge < -0.3 is 5.11 Å². The summed E-state index contributed by atoms with van der Waals surface area (Å²) in [5.74, 6) is -2.45. The van der Waals surface area contributed by atoms with Gasteiger partial charge in [0.25, 0.3) is 17.4 Å². The summed E-state index contributed by atoms with van der Waals surface area (Å²) < 4.78 is 41.2. The van der Waals surface area contributed by atoms with Crippen molar-refractivity contribution in [2.75, 3.05) is 6.54 Å². The number of halogens is 3. The van der Waals surface area contributed by atoms with Crippen molar-refractivity contribution in [1.82, 2.24) is 9.47 Å². The van der Waals surface area contributed by atoms with Crippen LogP contribution in [0.4, 0.5) is 24.5 Å². The Labute approximate surface area is 195 Å². The number of rotatable bonds is 4. The van der Waals surface area contributed by atoms with Crippen molar-refractivity contribution in [2.24, 2.45) is 23.2 Å². The molecule has 2 aromatic rings. The largest absolute Gasteiger partial charge is 2.00 e. The van der Waals surface area contributed by atoms with E-state index < -0.39 is 46.2 Å². The molecule has 0 unspecified atom stereocenters. The Morgan fingerprint density at radius 2 is 1.79 bits per heavy atom. The average Bonchev–Trinajstić information content (AvgIpc) is 2.95. The second-order valence-corrected chi connectivity index (χ2v) is 7.41. The minimum Gasteiger partial charge on any atom is -0.493 e. The average molecular weight is 511 g/mol. The molecule has 0 aliphatic carbocycles. The molecular formula is C20H16CuF3N5O4+2. The smallest absolute Gasteiger partial charge is 0.493 e. The Kier molecular flexibility index (Phi) is 7.16. The Hall–Kier alpha value is -3.49. The number of aromatic nitrogens is 1. The van der Waals surface area contributed by atoms with Crippen LogP contribution in [0.5, 0.6) is 5.88 Å². The molecule has 175 valence electrons. The molecule has 0 atom stereocenters. The molecule has 9 nitrogen and oxygen atoms in total. The number of benzene rings is 1. The maximum atomic E-state index is 13.6. The predicted molar refractivity (Wildman–Crippen MR) is 104 cm³/mol. The van der Waals surface area contributed by atoms with E-state index in [-0.39, 0.29) is 46.3 Å². The van der Waals surface area contributed by atoms with Crippen LogP contribution in [-0.2, 0) is 30.3 Å². The zero-order chi connectivity index (χ0) is 24.0. The molecule has 1 aliphatic rings. The standard InChI is InChI=1S/C20H16F3N5O4.Cu/c1-9(2)8-28-17(30)10-5-4-6-12(13(10)18(28)31)25-26-15-14(20(21,22)23)11(7-24)16(29)27(3)19(15)32;/h4-6,9,29H,8H2,1-3H3;/q;+2. The summed E-state index contributed by atoms with van der Waals surface area (Å²) >= 11 is 0. The fraction of sp³-hybridized carbons (Fsp3) is 0.300. The number of hydrogen-bond acceptors (Lipinski definition) is 7. The summed E-state index contributed by atoms with van der Waals surface area (Å²) in [7, 11) is 0.962. The third-order valence-corrected chi connectivity index (χ3v) is 4.71. The quantitative estimate of drug-likeness (QED) is 0.381. The summed E-state index contributed by atoms with van der Waals surface area (Å²) in [5.41, 5.74) is -5.88. The van der Waals surface area contributed by atoms with Gasteiger partial charge in [0.1, 0.15) is 17.2 Å². The number of nitriles is 1. The van der Waals surface area contributed by atoms with Gasteiger partial charge in [0.2, 0.25) is 5.88 Å². The molecule has 1 aliphatic heterocycles. The number of amides is 2. The number of aromatic hydroxyl groups is 1. The van der Waals surface area contributed by atoms with Crippen molar-refractivity contribution in [1.29, 1.82) is 5.26 Å². The van der Waals surface area contributed by atoms with Crippen LogP contribution >= 0.6 is 0 Å². The molecule has 1 radical (unpaired) electrons. The van der Waals surface area contributed by atoms with Gasteiger partial charge in [0.15, 0.2) is 5.69 Å². The van der Waals surface area contributed by atoms with Gasteiger partial charge in [-0.05, 0) is 18.1 Å². The summed E-state index contributed by atoms with van der Waals surface area (Å²) in [6, 6.07) is 5.23. The molecule has 0 bridgehead atoms. The van der Waals surface area contributed by atoms with Gasteiger partial charge in [0, 0.05) is 13.6 Å². The van der Waals surface area contributed by atoms with Crippen molar-refractivity contribution < 1.29 is 44.9 Å². The zero-order valence-corrected chi connectivity index (χ0v) is 18.3. The van der Waals surface area contributed by atoms with E-state index in [1.807, 2.05) is 0 Å². The monoisotopic (exact) mass is 510 g/mol. The first-order chi connectivity index (χ1) is 14.9. The normalized spacial score (nSPS) is 13.5. The molecule has 13 heteroatoms. The van der Waals surface area contributed by atoms with Gasteiger partial charge in [-0.2, -0.15) is 18.4 Å². The van der Waals surface area contributed by atoms with Gasteiger partial charge >= 0.3 is 23.2 Å². The molecular weight excluding hydrogens is 495 g/mol. The minimum absolute atomic E-state index is 0. The maximum absolute atomic E-state index is 13.6. The molecule has 0 saturated heterocycles. The van der Waals surface area contributed by atoms with E-state index in [2.05, 4.69) is 10.2 Å². The van der Waals surface area contributed by atoms with Crippen molar-refractivity contribution in [3.63, 3.8) is 0 Å². The van der Waals surface area contributed by atoms with Crippen LogP contribution in [0.15, 0.2) is 33.2 Å². The molecule has 1 aromatic heterocycles. The summed E-state index contributed by atoms with van der Waals surface area (Å²) in [6.07, 6.45) is -5.21. The summed E-state index contributed by atoms with van der Waals surface area (Å²) in [6.45, 7) is 3.73. The third-order valence-electron chi connectivity index (χ3n) is 4.71. The Morgan fingerprint density at radius 3 is 2.33 bits per heavy atom. The molecule has 0 saturated carbocycles. The fourth-order valence-corrected chi connectivity index (χ4v) is 3.27. The second kappa shape index (κ2) is 9.17. The first-order valence-electron chi connectivity index (χ1n) is 9.24. The molecule has 2 heterocycles. The maximum Gasteiger partial charge on any atom is 2.00 e. The van der Waals surface area contributed by atoms with Crippen molar-refractivity contribution in [2.45, 2.75) is 20.0 Å². The van der Waals surface area contributed by atoms with Gasteiger partial charge in [-0.1, -0.05) is 19.9 Å². The molecule has 0 spiro atoms. The van der Waals surface area contributed by atoms with E-state index in [9.17, 15) is 32.7 Å². The predicted octanol–water partition coefficient (Wildman–Crippen LogP) is 3.65. The SMILES string of the molecule is CC(C)CN1C(=O)c2cccc(N=Nc3c(C(F)(F)F)c(C#N)c(O)n(C)c3=O)c2C1=O.[Cu+2]. The Balaban J connectivity index is 0.00000385. The first-order valence-corrected chi connectivity index (χ1v) is 9.24. The summed E-state index contributed by atoms with van der Waals surface area (Å²) in [4.78, 5) is 38.7. The number of azo groups is 1. The van der Waals surface area contributed by atoms with Crippen LogP contribution < -0.4 is 5.56 Å². The number of carbonyl (C=O) groups excluding carboxylic acids is 2. The number of hydrogen-bond donors (Lipinski definition) is 1. The van der Waals surface area contributed by atoms with Gasteiger partial charge in [-0.3, -0.25) is 23.9 Å². The Bertz CT molecular complexity index is 1280. The van der Waals surface area contributed by atoms with Crippen LogP contribution in [0.2, 0.25) is 0 Å². The number of carbonyl (C=O) groups is 2. The Morgan fingerprint density at radius 1 is 1.15 bits per heavy atom. The number of alkyl halides is 3. The summed E-state index contributed by atoms with van der Waals surface area (Å²) in [5, 5.41) is 26.0. The number of pyridine rings is 1. The molecule has 2 amide bonds. The zero-order valence-electron chi connectivity index (χ0n) is 17.4. The van der Waals surface area contributed by atoms with Crippen LogP contribution in [0.3, 0.4) is 0 Å². The van der Waals surface area contributed by atoms with Crippen LogP contribution in [0.1, 0.15) is 45.7 Å². The van der Waals surface area contributed by atoms with E-state index in [4.69, 9.17) is 5.26 Å². The molecule has 1 N–H and O–H groups in total. The molecule has 3 rings (SSSR count). The van der Waals surface area contributed by atoms with Crippen LogP contribution in [0.25, 0.3) is 0 Å². The van der Waals surface area contributed by atoms with Gasteiger partial charge in [-0.15, -0.1) is 10.2 Å². The second-order valence-electron chi connectivity index (χ2n) is 7.41. The van der Waals surface area contributed by atoms with E-state index in [0.29, 0.717) is 4.57 Å². The molecule has 1 aromatic carbocycles. The molecule has 33 heavy (non-hydrogen) atoms. The fourth-order valence-electron chi connectivity index (χ4n) is 3.27. The number of imide groups is 1. The van der Waals surface area contributed by atoms with E-state index in [0.717, 1.165) is 11.9 Å². The first kappa shape index (κ1) is 25.8. The topological polar surface area (TPSA) is 128 Å². The number of fused-ring (bicyclic) bond motifs is 1. The minimum atomic E-state index is -5.21. The van der Waals surface area contributed by atoms with Crippen LogP contribution in [0, 0.1) is 17.2 Å². The molecule has 0 fully saturated rings. The van der Waals surface area contributed by atoms with Crippen LogP contribution in [-0.4, -0.2) is 32.9 Å². The van der Waals surface area contributed by atoms with Gasteiger partial charge in [0.05, 0.1) is 16.8 Å². The van der Waals surface area contributed by atoms with Crippen molar-refractivity contribution in [3.8, 4) is 11.9 Å². The van der Waals surface area contributed by atoms with Gasteiger partial charge in [-0.25, -0.2) is 0 Å². The van der Waals surface area contributed by atoms with Crippen molar-refractivity contribution >= 4 is 23.2 Å². The van der Waals surface area contributed by atoms with E-state index in [1.165, 1.54) is 24.3 Å². The van der Waals surface area contributed by atoms with E-state index in [1.54, 1.807) is 13.8 Å². The van der Waals surface area contributed by atoms with Crippen molar-refractivity contribution in [3.05, 3.63) is 50.8 Å².